The zero-order chi connectivity index (χ0) is 11.0. The van der Waals surface area contributed by atoms with Crippen LogP contribution < -0.4 is 5.73 Å². The van der Waals surface area contributed by atoms with Crippen molar-refractivity contribution in [3.8, 4) is 0 Å². The van der Waals surface area contributed by atoms with Gasteiger partial charge in [0, 0.05) is 11.4 Å². The van der Waals surface area contributed by atoms with Gasteiger partial charge in [-0.2, -0.15) is 12.6 Å². The van der Waals surface area contributed by atoms with Crippen LogP contribution in [0.2, 0.25) is 0 Å². The maximum Gasteiger partial charge on any atom is 0.335 e. The largest absolute Gasteiger partial charge is 0.478 e. The maximum absolute atomic E-state index is 10.3. The molecule has 0 atom stereocenters. The van der Waals surface area contributed by atoms with Gasteiger partial charge < -0.3 is 15.9 Å². The molecular formula is C9H13NO3S. The zero-order valence-corrected chi connectivity index (χ0v) is 8.45. The topological polar surface area (TPSA) is 83.6 Å². The molecule has 0 spiro atoms. The van der Waals surface area contributed by atoms with E-state index in [1.165, 1.54) is 12.1 Å². The highest BCUT2D eigenvalue weighted by molar-refractivity contribution is 7.80. The molecule has 0 aliphatic rings. The molecule has 0 saturated carbocycles. The number of thiol groups is 1. The van der Waals surface area contributed by atoms with Crippen molar-refractivity contribution in [3.63, 3.8) is 0 Å². The Bertz CT molecular complexity index is 272. The zero-order valence-electron chi connectivity index (χ0n) is 7.55. The molecule has 0 radical (unpaired) electrons. The van der Waals surface area contributed by atoms with Crippen molar-refractivity contribution < 1.29 is 15.0 Å². The number of aromatic carboxylic acids is 1. The Kier molecular flexibility index (Phi) is 6.61. The molecule has 14 heavy (non-hydrogen) atoms. The Labute approximate surface area is 87.8 Å². The summed E-state index contributed by atoms with van der Waals surface area (Å²) >= 11 is 3.67. The van der Waals surface area contributed by atoms with E-state index >= 15 is 0 Å². The number of nitrogen functional groups attached to an aromatic ring is 1. The van der Waals surface area contributed by atoms with Crippen LogP contribution in [0.4, 0.5) is 5.69 Å². The lowest BCUT2D eigenvalue weighted by molar-refractivity contribution is 0.0697. The molecule has 1 aromatic rings. The first kappa shape index (κ1) is 12.8. The van der Waals surface area contributed by atoms with Gasteiger partial charge in [0.15, 0.2) is 0 Å². The van der Waals surface area contributed by atoms with E-state index in [4.69, 9.17) is 15.9 Å². The fraction of sp³-hybridized carbons (Fsp3) is 0.222. The summed E-state index contributed by atoms with van der Waals surface area (Å²) in [5, 5.41) is 16.2. The third-order valence-corrected chi connectivity index (χ3v) is 1.46. The van der Waals surface area contributed by atoms with E-state index in [1.54, 1.807) is 12.1 Å². The van der Waals surface area contributed by atoms with Crippen LogP contribution >= 0.6 is 12.6 Å². The van der Waals surface area contributed by atoms with Crippen molar-refractivity contribution in [1.82, 2.24) is 0 Å². The average molecular weight is 215 g/mol. The summed E-state index contributed by atoms with van der Waals surface area (Å²) in [5.74, 6) is -0.361. The molecule has 4 N–H and O–H groups in total. The lowest BCUT2D eigenvalue weighted by atomic mass is 10.2. The van der Waals surface area contributed by atoms with Crippen LogP contribution in [0.15, 0.2) is 24.3 Å². The van der Waals surface area contributed by atoms with E-state index in [-0.39, 0.29) is 12.2 Å². The number of carboxylic acids is 1. The number of anilines is 1. The van der Waals surface area contributed by atoms with E-state index < -0.39 is 5.97 Å². The standard InChI is InChI=1S/C7H7NO2.C2H6OS/c8-6-3-1-5(2-4-6)7(9)10;3-1-2-4/h1-4H,8H2,(H,9,10);3-4H,1-2H2. The Morgan fingerprint density at radius 1 is 1.36 bits per heavy atom. The molecule has 78 valence electrons. The number of aliphatic hydroxyl groups is 1. The second-order valence-electron chi connectivity index (χ2n) is 2.37. The third kappa shape index (κ3) is 5.45. The second kappa shape index (κ2) is 7.23. The lowest BCUT2D eigenvalue weighted by Crippen LogP contribution is -1.95. The fourth-order valence-corrected chi connectivity index (χ4v) is 0.626. The van der Waals surface area contributed by atoms with Gasteiger partial charge in [-0.05, 0) is 24.3 Å². The van der Waals surface area contributed by atoms with Gasteiger partial charge >= 0.3 is 5.97 Å². The first-order valence-electron chi connectivity index (χ1n) is 3.92. The second-order valence-corrected chi connectivity index (χ2v) is 2.82. The molecule has 0 aromatic heterocycles. The normalized spacial score (nSPS) is 8.71. The Balaban J connectivity index is 0.000000364. The van der Waals surface area contributed by atoms with Crippen molar-refractivity contribution in [1.29, 1.82) is 0 Å². The van der Waals surface area contributed by atoms with Crippen molar-refractivity contribution in [2.24, 2.45) is 0 Å². The molecule has 4 nitrogen and oxygen atoms in total. The van der Waals surface area contributed by atoms with Gasteiger partial charge in [-0.1, -0.05) is 0 Å². The number of carboxylic acid groups (broad SMARTS) is 1. The fourth-order valence-electron chi connectivity index (χ4n) is 0.626. The van der Waals surface area contributed by atoms with Crippen molar-refractivity contribution in [2.75, 3.05) is 18.1 Å². The summed E-state index contributed by atoms with van der Waals surface area (Å²) in [6, 6.07) is 6.06. The van der Waals surface area contributed by atoms with Crippen LogP contribution in [0.1, 0.15) is 10.4 Å². The summed E-state index contributed by atoms with van der Waals surface area (Å²) in [7, 11) is 0. The van der Waals surface area contributed by atoms with Gasteiger partial charge in [0.2, 0.25) is 0 Å². The Morgan fingerprint density at radius 3 is 2.07 bits per heavy atom. The summed E-state index contributed by atoms with van der Waals surface area (Å²) in [5.41, 5.74) is 6.17. The maximum atomic E-state index is 10.3. The minimum Gasteiger partial charge on any atom is -0.478 e. The number of hydrogen-bond donors (Lipinski definition) is 4. The van der Waals surface area contributed by atoms with E-state index in [9.17, 15) is 4.79 Å². The smallest absolute Gasteiger partial charge is 0.335 e. The molecule has 0 aliphatic carbocycles. The average Bonchev–Trinajstić information content (AvgIpc) is 2.19. The van der Waals surface area contributed by atoms with Crippen LogP contribution in [-0.4, -0.2) is 28.5 Å². The third-order valence-electron chi connectivity index (χ3n) is 1.26. The van der Waals surface area contributed by atoms with Crippen LogP contribution in [0.5, 0.6) is 0 Å². The van der Waals surface area contributed by atoms with E-state index in [0.29, 0.717) is 11.4 Å². The van der Waals surface area contributed by atoms with Crippen LogP contribution in [-0.2, 0) is 0 Å². The summed E-state index contributed by atoms with van der Waals surface area (Å²) < 4.78 is 0. The van der Waals surface area contributed by atoms with Gasteiger partial charge in [0.1, 0.15) is 0 Å². The van der Waals surface area contributed by atoms with E-state index in [0.717, 1.165) is 0 Å². The quantitative estimate of drug-likeness (QED) is 0.436. The summed E-state index contributed by atoms with van der Waals surface area (Å²) in [4.78, 5) is 10.3. The van der Waals surface area contributed by atoms with Gasteiger partial charge in [0.25, 0.3) is 0 Å². The molecule has 0 fully saturated rings. The highest BCUT2D eigenvalue weighted by atomic mass is 32.1. The van der Waals surface area contributed by atoms with Crippen molar-refractivity contribution in [2.45, 2.75) is 0 Å². The Hall–Kier alpha value is -1.20. The summed E-state index contributed by atoms with van der Waals surface area (Å²) in [6.07, 6.45) is 0. The van der Waals surface area contributed by atoms with Gasteiger partial charge in [-0.3, -0.25) is 0 Å². The summed E-state index contributed by atoms with van der Waals surface area (Å²) in [6.45, 7) is 0.184. The number of aliphatic hydroxyl groups excluding tert-OH is 1. The number of hydrogen-bond acceptors (Lipinski definition) is 4. The van der Waals surface area contributed by atoms with Gasteiger partial charge in [0.05, 0.1) is 12.2 Å². The minimum absolute atomic E-state index is 0.184. The molecule has 5 heteroatoms. The molecule has 0 saturated heterocycles. The minimum atomic E-state index is -0.931. The molecule has 1 aromatic carbocycles. The molecule has 0 bridgehead atoms. The molecule has 0 heterocycles. The van der Waals surface area contributed by atoms with E-state index in [1.807, 2.05) is 0 Å². The number of rotatable bonds is 2. The Morgan fingerprint density at radius 2 is 1.79 bits per heavy atom. The monoisotopic (exact) mass is 215 g/mol. The van der Waals surface area contributed by atoms with Crippen molar-refractivity contribution in [3.05, 3.63) is 29.8 Å². The van der Waals surface area contributed by atoms with Crippen LogP contribution in [0, 0.1) is 0 Å². The lowest BCUT2D eigenvalue weighted by Gasteiger charge is -1.93. The van der Waals surface area contributed by atoms with E-state index in [2.05, 4.69) is 12.6 Å². The van der Waals surface area contributed by atoms with Crippen LogP contribution in [0.25, 0.3) is 0 Å². The highest BCUT2D eigenvalue weighted by Gasteiger charge is 1.98. The predicted molar refractivity (Wildman–Crippen MR) is 58.8 cm³/mol. The SMILES string of the molecule is Nc1ccc(C(=O)O)cc1.OCCS. The van der Waals surface area contributed by atoms with Crippen molar-refractivity contribution >= 4 is 24.3 Å². The number of nitrogens with two attached hydrogens (primary N) is 1. The molecular weight excluding hydrogens is 202 g/mol. The molecule has 0 amide bonds. The predicted octanol–water partition coefficient (Wildman–Crippen LogP) is 0.875. The van der Waals surface area contributed by atoms with Gasteiger partial charge in [-0.15, -0.1) is 0 Å². The first-order chi connectivity index (χ1) is 6.61. The number of carbonyl (C=O) groups is 1. The van der Waals surface area contributed by atoms with Crippen LogP contribution in [0.3, 0.4) is 0 Å². The molecule has 0 unspecified atom stereocenters. The molecule has 1 rings (SSSR count). The highest BCUT2D eigenvalue weighted by Crippen LogP contribution is 2.04. The van der Waals surface area contributed by atoms with Gasteiger partial charge in [-0.25, -0.2) is 4.79 Å². The first-order valence-corrected chi connectivity index (χ1v) is 4.55. The number of benzene rings is 1. The molecule has 0 aliphatic heterocycles.